The van der Waals surface area contributed by atoms with Gasteiger partial charge in [0, 0.05) is 29.2 Å². The molecule has 0 bridgehead atoms. The third-order valence-electron chi connectivity index (χ3n) is 3.19. The van der Waals surface area contributed by atoms with Crippen LogP contribution in [-0.4, -0.2) is 43.4 Å². The highest BCUT2D eigenvalue weighted by molar-refractivity contribution is 5.97. The minimum Gasteiger partial charge on any atom is -0.360 e. The summed E-state index contributed by atoms with van der Waals surface area (Å²) in [5.74, 6) is 0. The van der Waals surface area contributed by atoms with Crippen molar-refractivity contribution in [3.63, 3.8) is 0 Å². The van der Waals surface area contributed by atoms with Crippen molar-refractivity contribution in [2.75, 3.05) is 27.2 Å². The summed E-state index contributed by atoms with van der Waals surface area (Å²) in [5, 5.41) is 4.42. The van der Waals surface area contributed by atoms with E-state index in [1.807, 2.05) is 6.07 Å². The van der Waals surface area contributed by atoms with Gasteiger partial charge in [-0.05, 0) is 45.2 Å². The van der Waals surface area contributed by atoms with Gasteiger partial charge in [0.2, 0.25) is 0 Å². The van der Waals surface area contributed by atoms with E-state index in [9.17, 15) is 4.79 Å². The maximum Gasteiger partial charge on any atom is 0.152 e. The number of nitrogens with zero attached hydrogens (tertiary/aromatic N) is 1. The Morgan fingerprint density at radius 3 is 2.95 bits per heavy atom. The number of aromatic amines is 1. The summed E-state index contributed by atoms with van der Waals surface area (Å²) in [7, 11) is 4.17. The molecule has 0 aliphatic rings. The molecule has 2 rings (SSSR count). The quantitative estimate of drug-likeness (QED) is 0.591. The average molecular weight is 259 g/mol. The molecule has 0 saturated carbocycles. The van der Waals surface area contributed by atoms with Crippen LogP contribution < -0.4 is 5.32 Å². The molecule has 0 aliphatic carbocycles. The van der Waals surface area contributed by atoms with Crippen molar-refractivity contribution in [2.45, 2.75) is 13.0 Å². The lowest BCUT2D eigenvalue weighted by Crippen LogP contribution is -2.20. The standard InChI is InChI=1S/C15H21N3O/c1-18(2)7-3-6-16-9-12-4-5-14-13(11-19)10-17-15(14)8-12/h4-5,8,10-11,16-17H,3,6-7,9H2,1-2H3. The molecule has 1 aromatic heterocycles. The molecule has 19 heavy (non-hydrogen) atoms. The largest absolute Gasteiger partial charge is 0.360 e. The van der Waals surface area contributed by atoms with Gasteiger partial charge in [-0.1, -0.05) is 12.1 Å². The number of aromatic nitrogens is 1. The van der Waals surface area contributed by atoms with Crippen LogP contribution >= 0.6 is 0 Å². The third kappa shape index (κ3) is 3.66. The first kappa shape index (κ1) is 13.8. The van der Waals surface area contributed by atoms with E-state index >= 15 is 0 Å². The Kier molecular flexibility index (Phi) is 4.71. The predicted molar refractivity (Wildman–Crippen MR) is 78.6 cm³/mol. The van der Waals surface area contributed by atoms with Crippen LogP contribution in [0.25, 0.3) is 10.9 Å². The molecule has 102 valence electrons. The summed E-state index contributed by atoms with van der Waals surface area (Å²) in [4.78, 5) is 16.1. The zero-order valence-electron chi connectivity index (χ0n) is 11.6. The second-order valence-electron chi connectivity index (χ2n) is 5.08. The molecule has 0 aliphatic heterocycles. The minimum atomic E-state index is 0.723. The van der Waals surface area contributed by atoms with Gasteiger partial charge in [-0.2, -0.15) is 0 Å². The van der Waals surface area contributed by atoms with Gasteiger partial charge in [0.15, 0.2) is 6.29 Å². The van der Waals surface area contributed by atoms with Gasteiger partial charge < -0.3 is 15.2 Å². The molecule has 0 unspecified atom stereocenters. The number of nitrogens with one attached hydrogen (secondary N) is 2. The molecule has 0 amide bonds. The Morgan fingerprint density at radius 2 is 2.21 bits per heavy atom. The number of hydrogen-bond acceptors (Lipinski definition) is 3. The number of aldehydes is 1. The summed E-state index contributed by atoms with van der Waals surface area (Å²) in [5.41, 5.74) is 2.98. The van der Waals surface area contributed by atoms with Crippen LogP contribution in [0.2, 0.25) is 0 Å². The van der Waals surface area contributed by atoms with E-state index in [-0.39, 0.29) is 0 Å². The van der Waals surface area contributed by atoms with E-state index < -0.39 is 0 Å². The lowest BCUT2D eigenvalue weighted by molar-refractivity contribution is 0.112. The molecule has 0 radical (unpaired) electrons. The van der Waals surface area contributed by atoms with Gasteiger partial charge >= 0.3 is 0 Å². The Balaban J connectivity index is 1.89. The molecule has 4 nitrogen and oxygen atoms in total. The summed E-state index contributed by atoms with van der Waals surface area (Å²) >= 11 is 0. The highest BCUT2D eigenvalue weighted by Crippen LogP contribution is 2.18. The predicted octanol–water partition coefficient (Wildman–Crippen LogP) is 2.02. The Morgan fingerprint density at radius 1 is 1.37 bits per heavy atom. The van der Waals surface area contributed by atoms with Gasteiger partial charge in [0.1, 0.15) is 0 Å². The van der Waals surface area contributed by atoms with Crippen LogP contribution in [0, 0.1) is 0 Å². The van der Waals surface area contributed by atoms with Crippen molar-refractivity contribution in [1.82, 2.24) is 15.2 Å². The third-order valence-corrected chi connectivity index (χ3v) is 3.19. The summed E-state index contributed by atoms with van der Waals surface area (Å²) in [6.07, 6.45) is 3.79. The Hall–Kier alpha value is -1.65. The van der Waals surface area contributed by atoms with E-state index in [1.54, 1.807) is 6.20 Å². The van der Waals surface area contributed by atoms with Crippen molar-refractivity contribution in [2.24, 2.45) is 0 Å². The van der Waals surface area contributed by atoms with Crippen LogP contribution in [0.5, 0.6) is 0 Å². The number of hydrogen-bond donors (Lipinski definition) is 2. The van der Waals surface area contributed by atoms with E-state index in [2.05, 4.69) is 41.4 Å². The lowest BCUT2D eigenvalue weighted by Gasteiger charge is -2.09. The Bertz CT molecular complexity index is 545. The highest BCUT2D eigenvalue weighted by Gasteiger charge is 2.03. The summed E-state index contributed by atoms with van der Waals surface area (Å²) < 4.78 is 0. The fourth-order valence-corrected chi connectivity index (χ4v) is 2.16. The maximum absolute atomic E-state index is 10.8. The fraction of sp³-hybridized carbons (Fsp3) is 0.400. The molecule has 0 saturated heterocycles. The van der Waals surface area contributed by atoms with Gasteiger partial charge in [0.05, 0.1) is 0 Å². The first-order valence-corrected chi connectivity index (χ1v) is 6.61. The molecular weight excluding hydrogens is 238 g/mol. The molecule has 2 N–H and O–H groups in total. The molecule has 1 aromatic carbocycles. The van der Waals surface area contributed by atoms with Crippen molar-refractivity contribution < 1.29 is 4.79 Å². The van der Waals surface area contributed by atoms with Crippen molar-refractivity contribution in [3.8, 4) is 0 Å². The number of rotatable bonds is 7. The monoisotopic (exact) mass is 259 g/mol. The summed E-state index contributed by atoms with van der Waals surface area (Å²) in [6, 6.07) is 6.18. The van der Waals surface area contributed by atoms with Gasteiger partial charge in [0.25, 0.3) is 0 Å². The summed E-state index contributed by atoms with van der Waals surface area (Å²) in [6.45, 7) is 2.98. The second kappa shape index (κ2) is 6.50. The van der Waals surface area contributed by atoms with Crippen LogP contribution in [0.4, 0.5) is 0 Å². The molecule has 0 atom stereocenters. The van der Waals surface area contributed by atoms with E-state index in [0.29, 0.717) is 0 Å². The van der Waals surface area contributed by atoms with Crippen molar-refractivity contribution in [1.29, 1.82) is 0 Å². The topological polar surface area (TPSA) is 48.1 Å². The van der Waals surface area contributed by atoms with Gasteiger partial charge in [-0.3, -0.25) is 4.79 Å². The zero-order chi connectivity index (χ0) is 13.7. The lowest BCUT2D eigenvalue weighted by atomic mass is 10.1. The fourth-order valence-electron chi connectivity index (χ4n) is 2.16. The highest BCUT2D eigenvalue weighted by atomic mass is 16.1. The van der Waals surface area contributed by atoms with Crippen LogP contribution in [0.15, 0.2) is 24.4 Å². The number of carbonyl (C=O) groups excluding carboxylic acids is 1. The normalized spacial score (nSPS) is 11.3. The molecule has 0 spiro atoms. The smallest absolute Gasteiger partial charge is 0.152 e. The maximum atomic E-state index is 10.8. The first-order chi connectivity index (χ1) is 9.20. The molecule has 1 heterocycles. The van der Waals surface area contributed by atoms with Crippen LogP contribution in [0.3, 0.4) is 0 Å². The first-order valence-electron chi connectivity index (χ1n) is 6.61. The van der Waals surface area contributed by atoms with Crippen molar-refractivity contribution >= 4 is 17.2 Å². The van der Waals surface area contributed by atoms with Crippen LogP contribution in [0.1, 0.15) is 22.3 Å². The van der Waals surface area contributed by atoms with E-state index in [0.717, 1.165) is 48.8 Å². The average Bonchev–Trinajstić information content (AvgIpc) is 2.80. The minimum absolute atomic E-state index is 0.723. The zero-order valence-corrected chi connectivity index (χ0v) is 11.6. The molecule has 4 heteroatoms. The molecular formula is C15H21N3O. The number of H-pyrrole nitrogens is 1. The van der Waals surface area contributed by atoms with Crippen molar-refractivity contribution in [3.05, 3.63) is 35.5 Å². The van der Waals surface area contributed by atoms with E-state index in [1.165, 1.54) is 5.56 Å². The number of benzene rings is 1. The Labute approximate surface area is 113 Å². The van der Waals surface area contributed by atoms with E-state index in [4.69, 9.17) is 0 Å². The number of carbonyl (C=O) groups is 1. The van der Waals surface area contributed by atoms with Gasteiger partial charge in [-0.15, -0.1) is 0 Å². The number of fused-ring (bicyclic) bond motifs is 1. The van der Waals surface area contributed by atoms with Gasteiger partial charge in [-0.25, -0.2) is 0 Å². The second-order valence-corrected chi connectivity index (χ2v) is 5.08. The molecule has 0 fully saturated rings. The SMILES string of the molecule is CN(C)CCCNCc1ccc2c(C=O)c[nH]c2c1. The molecule has 2 aromatic rings. The van der Waals surface area contributed by atoms with Crippen LogP contribution in [-0.2, 0) is 6.54 Å².